The highest BCUT2D eigenvalue weighted by molar-refractivity contribution is 5.81. The maximum absolute atomic E-state index is 11.0. The Morgan fingerprint density at radius 3 is 1.22 bits per heavy atom. The first-order valence-corrected chi connectivity index (χ1v) is 21.0. The fourth-order valence-corrected chi connectivity index (χ4v) is 10.3. The van der Waals surface area contributed by atoms with Crippen molar-refractivity contribution in [1.82, 2.24) is 0 Å². The molecule has 4 rings (SSSR count). The van der Waals surface area contributed by atoms with Crippen molar-refractivity contribution < 1.29 is 14.6 Å². The summed E-state index contributed by atoms with van der Waals surface area (Å²) in [5.41, 5.74) is 0. The number of aliphatic hydroxyl groups excluding tert-OH is 1. The lowest BCUT2D eigenvalue weighted by Crippen LogP contribution is -2.25. The minimum absolute atomic E-state index is 0.290. The van der Waals surface area contributed by atoms with Crippen LogP contribution < -0.4 is 0 Å². The Bertz CT molecular complexity index is 746. The van der Waals surface area contributed by atoms with Gasteiger partial charge in [-0.05, 0) is 112 Å². The van der Waals surface area contributed by atoms with Crippen LogP contribution in [0, 0.1) is 47.3 Å². The highest BCUT2D eigenvalue weighted by Crippen LogP contribution is 2.44. The van der Waals surface area contributed by atoms with Crippen molar-refractivity contribution in [1.29, 1.82) is 0 Å². The molecule has 4 fully saturated rings. The molecule has 3 nitrogen and oxygen atoms in total. The topological polar surface area (TPSA) is 46.5 Å². The van der Waals surface area contributed by atoms with E-state index >= 15 is 0 Å². The van der Waals surface area contributed by atoms with Crippen molar-refractivity contribution in [2.24, 2.45) is 47.3 Å². The number of carbonyl (C=O) groups is 1. The summed E-state index contributed by atoms with van der Waals surface area (Å²) in [5.74, 6) is 8.03. The lowest BCUT2D eigenvalue weighted by Gasteiger charge is -2.38. The lowest BCUT2D eigenvalue weighted by molar-refractivity contribution is -0.137. The average molecular weight is 643 g/mol. The van der Waals surface area contributed by atoms with Gasteiger partial charge in [0.1, 0.15) is 0 Å². The van der Waals surface area contributed by atoms with E-state index in [0.29, 0.717) is 13.2 Å². The van der Waals surface area contributed by atoms with Crippen LogP contribution in [0.1, 0.15) is 194 Å². The molecule has 4 aliphatic carbocycles. The maximum Gasteiger partial charge on any atom is 0.330 e. The van der Waals surface area contributed by atoms with Gasteiger partial charge in [0.15, 0.2) is 0 Å². The first-order chi connectivity index (χ1) is 22.6. The van der Waals surface area contributed by atoms with Crippen LogP contribution in [0.3, 0.4) is 0 Å². The predicted molar refractivity (Wildman–Crippen MR) is 197 cm³/mol. The summed E-state index contributed by atoms with van der Waals surface area (Å²) in [7, 11) is 0. The molecule has 0 radical (unpaired) electrons. The molecule has 0 spiro atoms. The summed E-state index contributed by atoms with van der Waals surface area (Å²) in [5, 5.41) is 8.83. The van der Waals surface area contributed by atoms with Gasteiger partial charge in [-0.25, -0.2) is 4.79 Å². The number of aliphatic hydroxyl groups is 1. The minimum atomic E-state index is -0.290. The monoisotopic (exact) mass is 643 g/mol. The third-order valence-electron chi connectivity index (χ3n) is 13.2. The molecule has 0 unspecified atom stereocenters. The smallest absolute Gasteiger partial charge is 0.330 e. The number of hydrogen-bond acceptors (Lipinski definition) is 3. The van der Waals surface area contributed by atoms with Gasteiger partial charge >= 0.3 is 5.97 Å². The van der Waals surface area contributed by atoms with Crippen LogP contribution in [0.2, 0.25) is 0 Å². The van der Waals surface area contributed by atoms with E-state index in [4.69, 9.17) is 9.84 Å². The molecule has 0 amide bonds. The molecule has 0 aliphatic heterocycles. The quantitative estimate of drug-likeness (QED) is 0.0919. The molecule has 0 saturated heterocycles. The van der Waals surface area contributed by atoms with E-state index in [2.05, 4.69) is 20.4 Å². The lowest BCUT2D eigenvalue weighted by atomic mass is 9.68. The molecule has 46 heavy (non-hydrogen) atoms. The molecule has 0 heterocycles. The Labute approximate surface area is 286 Å². The summed E-state index contributed by atoms with van der Waals surface area (Å²) in [6.45, 7) is 9.03. The second-order valence-corrected chi connectivity index (χ2v) is 16.5. The number of hydrogen-bond donors (Lipinski definition) is 1. The molecular weight excluding hydrogens is 564 g/mol. The van der Waals surface area contributed by atoms with Gasteiger partial charge in [-0.15, -0.1) is 0 Å². The van der Waals surface area contributed by atoms with Gasteiger partial charge in [0.25, 0.3) is 0 Å². The standard InChI is InChI=1S/C23H40O2.C20H38O/c1-3-8-19-10-14-21(15-11-19)22-16-12-20(13-17-22)9-6-5-7-18-25-23(24)4-2;1-2-6-17-8-12-19(13-9-17)20-14-10-18(11-15-20)7-4-3-5-16-21/h4,19-22H,2-3,5-18H2,1H3;17-21H,2-16H2,1H3. The van der Waals surface area contributed by atoms with Gasteiger partial charge in [0, 0.05) is 12.7 Å². The molecule has 0 atom stereocenters. The molecule has 4 aliphatic rings. The van der Waals surface area contributed by atoms with Crippen molar-refractivity contribution in [2.75, 3.05) is 13.2 Å². The number of rotatable bonds is 18. The Morgan fingerprint density at radius 1 is 0.543 bits per heavy atom. The molecule has 0 aromatic heterocycles. The van der Waals surface area contributed by atoms with Crippen molar-refractivity contribution in [2.45, 2.75) is 194 Å². The highest BCUT2D eigenvalue weighted by atomic mass is 16.5. The highest BCUT2D eigenvalue weighted by Gasteiger charge is 2.31. The fourth-order valence-electron chi connectivity index (χ4n) is 10.3. The van der Waals surface area contributed by atoms with Crippen molar-refractivity contribution >= 4 is 5.97 Å². The van der Waals surface area contributed by atoms with Crippen molar-refractivity contribution in [3.05, 3.63) is 12.7 Å². The SMILES string of the molecule is C=CC(=O)OCCCCCC1CCC(C2CCC(CCC)CC2)CC1.CCCC1CCC(C2CCC(CCCCCO)CC2)CC1. The second kappa shape index (κ2) is 24.3. The minimum Gasteiger partial charge on any atom is -0.463 e. The zero-order valence-corrected chi connectivity index (χ0v) is 30.9. The van der Waals surface area contributed by atoms with Gasteiger partial charge in [0.05, 0.1) is 6.61 Å². The van der Waals surface area contributed by atoms with Gasteiger partial charge < -0.3 is 9.84 Å². The predicted octanol–water partition coefficient (Wildman–Crippen LogP) is 12.6. The van der Waals surface area contributed by atoms with Gasteiger partial charge in [-0.2, -0.15) is 0 Å². The third kappa shape index (κ3) is 15.6. The van der Waals surface area contributed by atoms with E-state index in [-0.39, 0.29) is 5.97 Å². The number of unbranched alkanes of at least 4 members (excludes halogenated alkanes) is 4. The van der Waals surface area contributed by atoms with Gasteiger partial charge in [-0.3, -0.25) is 0 Å². The van der Waals surface area contributed by atoms with E-state index in [1.165, 1.54) is 173 Å². The second-order valence-electron chi connectivity index (χ2n) is 16.5. The summed E-state index contributed by atoms with van der Waals surface area (Å²) in [6.07, 6.45) is 41.0. The molecule has 3 heteroatoms. The van der Waals surface area contributed by atoms with Crippen LogP contribution >= 0.6 is 0 Å². The first-order valence-electron chi connectivity index (χ1n) is 21.0. The summed E-state index contributed by atoms with van der Waals surface area (Å²) < 4.78 is 5.03. The number of carbonyl (C=O) groups excluding carboxylic acids is 1. The van der Waals surface area contributed by atoms with Gasteiger partial charge in [0.2, 0.25) is 0 Å². The van der Waals surface area contributed by atoms with E-state index in [0.717, 1.165) is 60.2 Å². The van der Waals surface area contributed by atoms with Crippen LogP contribution in [-0.2, 0) is 9.53 Å². The summed E-state index contributed by atoms with van der Waals surface area (Å²) >= 11 is 0. The third-order valence-corrected chi connectivity index (χ3v) is 13.2. The molecule has 4 saturated carbocycles. The van der Waals surface area contributed by atoms with Gasteiger partial charge in [-0.1, -0.05) is 136 Å². The Kier molecular flexibility index (Phi) is 20.9. The van der Waals surface area contributed by atoms with Crippen LogP contribution in [0.25, 0.3) is 0 Å². The largest absolute Gasteiger partial charge is 0.463 e. The van der Waals surface area contributed by atoms with E-state index in [1.54, 1.807) is 0 Å². The Balaban J connectivity index is 0.000000254. The Hall–Kier alpha value is -0.830. The maximum atomic E-state index is 11.0. The van der Waals surface area contributed by atoms with Crippen molar-refractivity contribution in [3.63, 3.8) is 0 Å². The van der Waals surface area contributed by atoms with Crippen LogP contribution in [0.5, 0.6) is 0 Å². The van der Waals surface area contributed by atoms with Crippen LogP contribution in [0.4, 0.5) is 0 Å². The van der Waals surface area contributed by atoms with E-state index < -0.39 is 0 Å². The molecular formula is C43H78O3. The molecule has 0 aromatic rings. The fraction of sp³-hybridized carbons (Fsp3) is 0.930. The molecule has 268 valence electrons. The Morgan fingerprint density at radius 2 is 0.891 bits per heavy atom. The number of esters is 1. The summed E-state index contributed by atoms with van der Waals surface area (Å²) in [6, 6.07) is 0. The first kappa shape index (κ1) is 39.6. The zero-order valence-electron chi connectivity index (χ0n) is 30.9. The number of ether oxygens (including phenoxy) is 1. The van der Waals surface area contributed by atoms with E-state index in [9.17, 15) is 4.79 Å². The normalized spacial score (nSPS) is 31.8. The average Bonchev–Trinajstić information content (AvgIpc) is 3.10. The van der Waals surface area contributed by atoms with Crippen molar-refractivity contribution in [3.8, 4) is 0 Å². The molecule has 1 N–H and O–H groups in total. The molecule has 0 bridgehead atoms. The van der Waals surface area contributed by atoms with E-state index in [1.807, 2.05) is 0 Å². The zero-order chi connectivity index (χ0) is 32.8. The summed E-state index contributed by atoms with van der Waals surface area (Å²) in [4.78, 5) is 11.0. The molecule has 0 aromatic carbocycles. The van der Waals surface area contributed by atoms with Crippen LogP contribution in [0.15, 0.2) is 12.7 Å². The van der Waals surface area contributed by atoms with Crippen LogP contribution in [-0.4, -0.2) is 24.3 Å².